The molecule has 2 aromatic carbocycles. The van der Waals surface area contributed by atoms with Gasteiger partial charge in [-0.1, -0.05) is 59.1 Å². The number of rotatable bonds is 4. The van der Waals surface area contributed by atoms with Gasteiger partial charge in [-0.25, -0.2) is 4.68 Å². The molecule has 0 N–H and O–H groups in total. The summed E-state index contributed by atoms with van der Waals surface area (Å²) in [5.74, 6) is 0. The van der Waals surface area contributed by atoms with Gasteiger partial charge in [-0.2, -0.15) is 5.10 Å². The Hall–Kier alpha value is -1.17. The fourth-order valence-electron chi connectivity index (χ4n) is 3.72. The van der Waals surface area contributed by atoms with E-state index in [4.69, 9.17) is 39.9 Å². The molecule has 0 spiro atoms. The van der Waals surface area contributed by atoms with Crippen molar-refractivity contribution in [1.82, 2.24) is 14.7 Å². The van der Waals surface area contributed by atoms with Crippen LogP contribution in [0, 0.1) is 6.92 Å². The lowest BCUT2D eigenvalue weighted by molar-refractivity contribution is 0.243. The van der Waals surface area contributed by atoms with E-state index in [2.05, 4.69) is 36.1 Å². The van der Waals surface area contributed by atoms with Crippen LogP contribution >= 0.6 is 46.6 Å². The molecule has 0 atom stereocenters. The normalized spacial score (nSPS) is 14.3. The molecule has 0 saturated heterocycles. The highest BCUT2D eigenvalue weighted by atomic mass is 35.5. The summed E-state index contributed by atoms with van der Waals surface area (Å²) in [6, 6.07) is 12.1. The van der Waals surface area contributed by atoms with Gasteiger partial charge in [0.25, 0.3) is 0 Å². The topological polar surface area (TPSA) is 21.1 Å². The molecule has 0 amide bonds. The quantitative estimate of drug-likeness (QED) is 0.426. The van der Waals surface area contributed by atoms with Crippen LogP contribution in [0.5, 0.6) is 0 Å². The minimum absolute atomic E-state index is 0.495. The summed E-state index contributed by atoms with van der Waals surface area (Å²) in [5.41, 5.74) is 5.81. The van der Waals surface area contributed by atoms with Crippen molar-refractivity contribution in [3.05, 3.63) is 73.9 Å². The number of hydrogen-bond donors (Lipinski definition) is 0. The summed E-state index contributed by atoms with van der Waals surface area (Å²) < 4.78 is 1.85. The molecule has 3 aromatic rings. The Morgan fingerprint density at radius 2 is 1.75 bits per heavy atom. The fraction of sp³-hybridized carbons (Fsp3) is 0.286. The number of hydrogen-bond acceptors (Lipinski definition) is 3. The van der Waals surface area contributed by atoms with Gasteiger partial charge in [0.1, 0.15) is 10.7 Å². The molecule has 0 saturated carbocycles. The van der Waals surface area contributed by atoms with Gasteiger partial charge in [0.05, 0.1) is 10.0 Å². The first-order valence-electron chi connectivity index (χ1n) is 9.04. The standard InChI is InChI=1S/C21H20Cl3N3S/c1-13-17(12-26-8-7-14-5-3-4-6-15(14)11-26)21(28-2)25-27(13)20-18(23)9-16(22)10-19(20)24/h3-6,9-10H,7-8,11-12H2,1-2H3. The van der Waals surface area contributed by atoms with Gasteiger partial charge < -0.3 is 0 Å². The highest BCUT2D eigenvalue weighted by Crippen LogP contribution is 2.35. The summed E-state index contributed by atoms with van der Waals surface area (Å²) in [5, 5.41) is 7.30. The molecule has 0 unspecified atom stereocenters. The van der Waals surface area contributed by atoms with Crippen molar-refractivity contribution in [3.63, 3.8) is 0 Å². The maximum Gasteiger partial charge on any atom is 0.123 e. The Morgan fingerprint density at radius 1 is 1.07 bits per heavy atom. The number of thioether (sulfide) groups is 1. The van der Waals surface area contributed by atoms with E-state index in [1.165, 1.54) is 16.7 Å². The third-order valence-electron chi connectivity index (χ3n) is 5.18. The van der Waals surface area contributed by atoms with Gasteiger partial charge >= 0.3 is 0 Å². The van der Waals surface area contributed by atoms with Crippen molar-refractivity contribution in [2.24, 2.45) is 0 Å². The number of nitrogens with zero attached hydrogens (tertiary/aromatic N) is 3. The second-order valence-electron chi connectivity index (χ2n) is 6.93. The molecule has 4 rings (SSSR count). The Kier molecular flexibility index (Phi) is 5.96. The summed E-state index contributed by atoms with van der Waals surface area (Å²) in [4.78, 5) is 2.47. The van der Waals surface area contributed by atoms with E-state index >= 15 is 0 Å². The van der Waals surface area contributed by atoms with Crippen molar-refractivity contribution < 1.29 is 0 Å². The lowest BCUT2D eigenvalue weighted by Gasteiger charge is -2.28. The van der Waals surface area contributed by atoms with Crippen molar-refractivity contribution in [2.75, 3.05) is 12.8 Å². The van der Waals surface area contributed by atoms with E-state index in [1.54, 1.807) is 23.9 Å². The van der Waals surface area contributed by atoms with Crippen LogP contribution in [0.25, 0.3) is 5.69 Å². The van der Waals surface area contributed by atoms with Crippen molar-refractivity contribution in [3.8, 4) is 5.69 Å². The molecule has 1 aliphatic rings. The molecule has 0 fully saturated rings. The van der Waals surface area contributed by atoms with Crippen molar-refractivity contribution in [2.45, 2.75) is 31.5 Å². The average molecular weight is 453 g/mol. The van der Waals surface area contributed by atoms with E-state index in [0.29, 0.717) is 20.8 Å². The molecular weight excluding hydrogens is 433 g/mol. The second kappa shape index (κ2) is 8.29. The maximum absolute atomic E-state index is 6.45. The minimum atomic E-state index is 0.495. The second-order valence-corrected chi connectivity index (χ2v) is 8.98. The van der Waals surface area contributed by atoms with E-state index in [1.807, 2.05) is 10.9 Å². The predicted molar refractivity (Wildman–Crippen MR) is 119 cm³/mol. The van der Waals surface area contributed by atoms with Crippen LogP contribution in [-0.2, 0) is 19.5 Å². The van der Waals surface area contributed by atoms with E-state index < -0.39 is 0 Å². The zero-order valence-electron chi connectivity index (χ0n) is 15.7. The first-order chi connectivity index (χ1) is 13.5. The molecule has 0 radical (unpaired) electrons. The monoisotopic (exact) mass is 451 g/mol. The van der Waals surface area contributed by atoms with Crippen LogP contribution in [0.15, 0.2) is 41.4 Å². The molecule has 7 heteroatoms. The molecule has 0 aliphatic carbocycles. The van der Waals surface area contributed by atoms with Crippen molar-refractivity contribution >= 4 is 46.6 Å². The van der Waals surface area contributed by atoms with Gasteiger partial charge in [0, 0.05) is 35.9 Å². The molecule has 28 heavy (non-hydrogen) atoms. The average Bonchev–Trinajstić information content (AvgIpc) is 2.97. The number of benzene rings is 2. The van der Waals surface area contributed by atoms with Crippen LogP contribution in [0.3, 0.4) is 0 Å². The van der Waals surface area contributed by atoms with E-state index in [9.17, 15) is 0 Å². The molecular formula is C21H20Cl3N3S. The lowest BCUT2D eigenvalue weighted by Crippen LogP contribution is -2.30. The summed E-state index contributed by atoms with van der Waals surface area (Å²) in [6.07, 6.45) is 3.12. The highest BCUT2D eigenvalue weighted by Gasteiger charge is 2.23. The largest absolute Gasteiger partial charge is 0.294 e. The predicted octanol–water partition coefficient (Wildman–Crippen LogP) is 6.42. The van der Waals surface area contributed by atoms with E-state index in [-0.39, 0.29) is 0 Å². The van der Waals surface area contributed by atoms with Crippen LogP contribution in [0.1, 0.15) is 22.4 Å². The van der Waals surface area contributed by atoms with Crippen molar-refractivity contribution in [1.29, 1.82) is 0 Å². The SMILES string of the molecule is CSc1nn(-c2c(Cl)cc(Cl)cc2Cl)c(C)c1CN1CCc2ccccc2C1. The van der Waals surface area contributed by atoms with Gasteiger partial charge in [0.2, 0.25) is 0 Å². The summed E-state index contributed by atoms with van der Waals surface area (Å²) >= 11 is 20.6. The zero-order chi connectivity index (χ0) is 19.8. The highest BCUT2D eigenvalue weighted by molar-refractivity contribution is 7.98. The Bertz CT molecular complexity index is 1010. The lowest BCUT2D eigenvalue weighted by atomic mass is 9.99. The molecule has 2 heterocycles. The molecule has 3 nitrogen and oxygen atoms in total. The van der Waals surface area contributed by atoms with Crippen LogP contribution in [-0.4, -0.2) is 27.5 Å². The fourth-order valence-corrected chi connectivity index (χ4v) is 5.32. The third kappa shape index (κ3) is 3.81. The summed E-state index contributed by atoms with van der Waals surface area (Å²) in [7, 11) is 0. The molecule has 146 valence electrons. The molecule has 1 aliphatic heterocycles. The Morgan fingerprint density at radius 3 is 2.43 bits per heavy atom. The molecule has 0 bridgehead atoms. The maximum atomic E-state index is 6.45. The first kappa shape index (κ1) is 20.1. The van der Waals surface area contributed by atoms with Gasteiger partial charge in [-0.05, 0) is 42.9 Å². The van der Waals surface area contributed by atoms with Crippen LogP contribution in [0.4, 0.5) is 0 Å². The minimum Gasteiger partial charge on any atom is -0.294 e. The first-order valence-corrected chi connectivity index (χ1v) is 11.4. The van der Waals surface area contributed by atoms with Gasteiger partial charge in [-0.3, -0.25) is 4.90 Å². The number of aromatic nitrogens is 2. The number of halogens is 3. The third-order valence-corrected chi connectivity index (χ3v) is 6.69. The van der Waals surface area contributed by atoms with Crippen LogP contribution < -0.4 is 0 Å². The van der Waals surface area contributed by atoms with Gasteiger partial charge in [-0.15, -0.1) is 11.8 Å². The number of fused-ring (bicyclic) bond motifs is 1. The Balaban J connectivity index is 1.68. The van der Waals surface area contributed by atoms with Gasteiger partial charge in [0.15, 0.2) is 0 Å². The smallest absolute Gasteiger partial charge is 0.123 e. The van der Waals surface area contributed by atoms with E-state index in [0.717, 1.165) is 36.8 Å². The zero-order valence-corrected chi connectivity index (χ0v) is 18.8. The Labute approximate surface area is 184 Å². The van der Waals surface area contributed by atoms with Crippen LogP contribution in [0.2, 0.25) is 15.1 Å². The summed E-state index contributed by atoms with van der Waals surface area (Å²) in [6.45, 7) is 4.91. The molecule has 1 aromatic heterocycles.